The number of piperidine rings is 1. The normalized spacial score (nSPS) is 29.1. The fourth-order valence-electron chi connectivity index (χ4n) is 3.71. The lowest BCUT2D eigenvalue weighted by molar-refractivity contribution is 0.140. The lowest BCUT2D eigenvalue weighted by Gasteiger charge is -2.37. The number of hydrogen-bond donors (Lipinski definition) is 2. The van der Waals surface area contributed by atoms with E-state index in [2.05, 4.69) is 17.1 Å². The Morgan fingerprint density at radius 3 is 2.60 bits per heavy atom. The lowest BCUT2D eigenvalue weighted by atomic mass is 9.97. The van der Waals surface area contributed by atoms with E-state index in [-0.39, 0.29) is 5.75 Å². The monoisotopic (exact) mass is 294 g/mol. The molecule has 0 aromatic heterocycles. The number of halogens is 1. The number of fused-ring (bicyclic) bond motifs is 2. The van der Waals surface area contributed by atoms with Gasteiger partial charge in [0.15, 0.2) is 0 Å². The van der Waals surface area contributed by atoms with E-state index in [1.807, 2.05) is 12.1 Å². The van der Waals surface area contributed by atoms with Crippen molar-refractivity contribution in [2.75, 3.05) is 6.54 Å². The molecule has 110 valence electrons. The van der Waals surface area contributed by atoms with Gasteiger partial charge in [0, 0.05) is 24.7 Å². The van der Waals surface area contributed by atoms with Crippen LogP contribution in [0.15, 0.2) is 18.2 Å². The van der Waals surface area contributed by atoms with Crippen LogP contribution >= 0.6 is 11.6 Å². The Hall–Kier alpha value is -0.770. The second-order valence-electron chi connectivity index (χ2n) is 6.11. The van der Waals surface area contributed by atoms with Crippen molar-refractivity contribution in [1.82, 2.24) is 10.2 Å². The zero-order valence-corrected chi connectivity index (χ0v) is 12.7. The third-order valence-electron chi connectivity index (χ3n) is 4.77. The molecular formula is C16H23ClN2O. The minimum absolute atomic E-state index is 0.165. The van der Waals surface area contributed by atoms with Gasteiger partial charge in [0.2, 0.25) is 0 Å². The quantitative estimate of drug-likeness (QED) is 0.895. The Balaban J connectivity index is 1.68. The molecule has 2 bridgehead atoms. The maximum Gasteiger partial charge on any atom is 0.134 e. The van der Waals surface area contributed by atoms with Crippen molar-refractivity contribution < 1.29 is 5.11 Å². The van der Waals surface area contributed by atoms with Gasteiger partial charge in [0.1, 0.15) is 5.75 Å². The average molecular weight is 295 g/mol. The molecule has 2 saturated heterocycles. The smallest absolute Gasteiger partial charge is 0.134 e. The van der Waals surface area contributed by atoms with Gasteiger partial charge in [-0.05, 0) is 49.9 Å². The number of nitrogens with one attached hydrogen (secondary N) is 1. The van der Waals surface area contributed by atoms with Crippen LogP contribution in [-0.4, -0.2) is 34.7 Å². The van der Waals surface area contributed by atoms with Crippen molar-refractivity contribution in [2.24, 2.45) is 0 Å². The highest BCUT2D eigenvalue weighted by molar-refractivity contribution is 6.32. The fraction of sp³-hybridized carbons (Fsp3) is 0.625. The van der Waals surface area contributed by atoms with Crippen LogP contribution in [0.5, 0.6) is 5.75 Å². The standard InChI is InChI=1S/C16H23ClN2O/c1-2-19(10-11-3-6-16(20)15(17)7-11)14-8-12-4-5-13(9-14)18-12/h3,6-7,12-14,18,20H,2,4-5,8-10H2,1H3. The largest absolute Gasteiger partial charge is 0.506 e. The highest BCUT2D eigenvalue weighted by atomic mass is 35.5. The summed E-state index contributed by atoms with van der Waals surface area (Å²) in [6, 6.07) is 7.66. The summed E-state index contributed by atoms with van der Waals surface area (Å²) in [5.74, 6) is 0.165. The molecule has 0 radical (unpaired) electrons. The van der Waals surface area contributed by atoms with E-state index < -0.39 is 0 Å². The molecule has 2 aliphatic heterocycles. The van der Waals surface area contributed by atoms with Gasteiger partial charge in [0.25, 0.3) is 0 Å². The van der Waals surface area contributed by atoms with Crippen LogP contribution in [0, 0.1) is 0 Å². The Kier molecular flexibility index (Phi) is 4.20. The Morgan fingerprint density at radius 2 is 2.00 bits per heavy atom. The van der Waals surface area contributed by atoms with E-state index in [1.54, 1.807) is 6.07 Å². The molecule has 3 rings (SSSR count). The molecule has 0 aliphatic carbocycles. The number of hydrogen-bond acceptors (Lipinski definition) is 3. The molecular weight excluding hydrogens is 272 g/mol. The summed E-state index contributed by atoms with van der Waals surface area (Å²) in [6.07, 6.45) is 5.19. The first kappa shape index (κ1) is 14.2. The summed E-state index contributed by atoms with van der Waals surface area (Å²) in [6.45, 7) is 4.20. The van der Waals surface area contributed by atoms with E-state index >= 15 is 0 Å². The first-order valence-corrected chi connectivity index (χ1v) is 8.01. The SMILES string of the molecule is CCN(Cc1ccc(O)c(Cl)c1)C1CC2CCC(C1)N2. The molecule has 0 amide bonds. The summed E-state index contributed by atoms with van der Waals surface area (Å²) < 4.78 is 0. The number of rotatable bonds is 4. The Morgan fingerprint density at radius 1 is 1.30 bits per heavy atom. The zero-order valence-electron chi connectivity index (χ0n) is 12.0. The number of phenolic OH excluding ortho intramolecular Hbond substituents is 1. The van der Waals surface area contributed by atoms with Gasteiger partial charge in [0.05, 0.1) is 5.02 Å². The van der Waals surface area contributed by atoms with E-state index in [4.69, 9.17) is 11.6 Å². The van der Waals surface area contributed by atoms with Crippen LogP contribution in [-0.2, 0) is 6.54 Å². The molecule has 0 saturated carbocycles. The molecule has 2 atom stereocenters. The maximum absolute atomic E-state index is 9.51. The minimum atomic E-state index is 0.165. The van der Waals surface area contributed by atoms with Crippen molar-refractivity contribution in [2.45, 2.75) is 57.3 Å². The van der Waals surface area contributed by atoms with Gasteiger partial charge in [-0.3, -0.25) is 4.90 Å². The number of nitrogens with zero attached hydrogens (tertiary/aromatic N) is 1. The summed E-state index contributed by atoms with van der Waals surface area (Å²) in [4.78, 5) is 2.55. The average Bonchev–Trinajstić information content (AvgIpc) is 2.78. The van der Waals surface area contributed by atoms with Crippen molar-refractivity contribution in [3.05, 3.63) is 28.8 Å². The Bertz CT molecular complexity index is 468. The van der Waals surface area contributed by atoms with Crippen molar-refractivity contribution in [3.63, 3.8) is 0 Å². The van der Waals surface area contributed by atoms with Gasteiger partial charge >= 0.3 is 0 Å². The van der Waals surface area contributed by atoms with Gasteiger partial charge in [-0.1, -0.05) is 24.6 Å². The summed E-state index contributed by atoms with van der Waals surface area (Å²) in [5, 5.41) is 13.7. The highest BCUT2D eigenvalue weighted by Crippen LogP contribution is 2.31. The number of benzene rings is 1. The van der Waals surface area contributed by atoms with Gasteiger partial charge in [-0.15, -0.1) is 0 Å². The lowest BCUT2D eigenvalue weighted by Crippen LogP contribution is -2.47. The van der Waals surface area contributed by atoms with Crippen LogP contribution in [0.25, 0.3) is 0 Å². The minimum Gasteiger partial charge on any atom is -0.506 e. The van der Waals surface area contributed by atoms with E-state index in [0.717, 1.165) is 25.2 Å². The predicted molar refractivity (Wildman–Crippen MR) is 82.2 cm³/mol. The summed E-state index contributed by atoms with van der Waals surface area (Å²) >= 11 is 6.00. The van der Waals surface area contributed by atoms with Crippen LogP contribution < -0.4 is 5.32 Å². The van der Waals surface area contributed by atoms with E-state index in [0.29, 0.717) is 11.1 Å². The predicted octanol–water partition coefficient (Wildman–Crippen LogP) is 3.15. The summed E-state index contributed by atoms with van der Waals surface area (Å²) in [5.41, 5.74) is 1.18. The van der Waals surface area contributed by atoms with Gasteiger partial charge < -0.3 is 10.4 Å². The number of aromatic hydroxyl groups is 1. The molecule has 1 aromatic carbocycles. The van der Waals surface area contributed by atoms with Crippen molar-refractivity contribution in [3.8, 4) is 5.75 Å². The molecule has 2 aliphatic rings. The third-order valence-corrected chi connectivity index (χ3v) is 5.07. The van der Waals surface area contributed by atoms with Crippen molar-refractivity contribution >= 4 is 11.6 Å². The highest BCUT2D eigenvalue weighted by Gasteiger charge is 2.35. The van der Waals surface area contributed by atoms with Gasteiger partial charge in [-0.2, -0.15) is 0 Å². The molecule has 2 N–H and O–H groups in total. The molecule has 3 nitrogen and oxygen atoms in total. The molecule has 2 heterocycles. The van der Waals surface area contributed by atoms with Crippen molar-refractivity contribution in [1.29, 1.82) is 0 Å². The van der Waals surface area contributed by atoms with E-state index in [9.17, 15) is 5.11 Å². The van der Waals surface area contributed by atoms with Crippen LogP contribution in [0.1, 0.15) is 38.2 Å². The second-order valence-corrected chi connectivity index (χ2v) is 6.52. The third kappa shape index (κ3) is 2.95. The molecule has 2 fully saturated rings. The zero-order chi connectivity index (χ0) is 14.1. The topological polar surface area (TPSA) is 35.5 Å². The molecule has 20 heavy (non-hydrogen) atoms. The molecule has 0 spiro atoms. The molecule has 1 aromatic rings. The molecule has 4 heteroatoms. The van der Waals surface area contributed by atoms with Gasteiger partial charge in [-0.25, -0.2) is 0 Å². The van der Waals surface area contributed by atoms with Crippen LogP contribution in [0.4, 0.5) is 0 Å². The molecule has 2 unspecified atom stereocenters. The fourth-order valence-corrected chi connectivity index (χ4v) is 3.91. The Labute approximate surface area is 125 Å². The number of phenols is 1. The summed E-state index contributed by atoms with van der Waals surface area (Å²) in [7, 11) is 0. The second kappa shape index (κ2) is 5.92. The first-order chi connectivity index (χ1) is 9.65. The van der Waals surface area contributed by atoms with Crippen LogP contribution in [0.3, 0.4) is 0 Å². The maximum atomic E-state index is 9.51. The van der Waals surface area contributed by atoms with E-state index in [1.165, 1.54) is 31.2 Å². The first-order valence-electron chi connectivity index (χ1n) is 7.63. The van der Waals surface area contributed by atoms with Crippen LogP contribution in [0.2, 0.25) is 5.02 Å².